The minimum atomic E-state index is 0.154. The second-order valence-electron chi connectivity index (χ2n) is 7.04. The molecule has 2 fully saturated rings. The van der Waals surface area contributed by atoms with Gasteiger partial charge in [0.2, 0.25) is 0 Å². The molecule has 0 radical (unpaired) electrons. The van der Waals surface area contributed by atoms with Gasteiger partial charge in [0.05, 0.1) is 17.2 Å². The highest BCUT2D eigenvalue weighted by molar-refractivity contribution is 7.12. The van der Waals surface area contributed by atoms with E-state index in [4.69, 9.17) is 4.74 Å². The maximum atomic E-state index is 12.5. The molecule has 2 aliphatic rings. The van der Waals surface area contributed by atoms with Gasteiger partial charge >= 0.3 is 0 Å². The van der Waals surface area contributed by atoms with Gasteiger partial charge in [0.25, 0.3) is 5.91 Å². The van der Waals surface area contributed by atoms with E-state index in [0.29, 0.717) is 5.92 Å². The number of aryl methyl sites for hydroxylation is 1. The molecule has 0 bridgehead atoms. The van der Waals surface area contributed by atoms with Crippen LogP contribution >= 0.6 is 11.3 Å². The Bertz CT molecular complexity index is 722. The molecule has 2 atom stereocenters. The van der Waals surface area contributed by atoms with E-state index in [2.05, 4.69) is 23.1 Å². The zero-order chi connectivity index (χ0) is 17.9. The number of thiophene rings is 1. The highest BCUT2D eigenvalue weighted by atomic mass is 32.1. The van der Waals surface area contributed by atoms with Crippen molar-refractivity contribution < 1.29 is 9.53 Å². The molecular weight excluding hydrogens is 348 g/mol. The van der Waals surface area contributed by atoms with Gasteiger partial charge in [0.1, 0.15) is 0 Å². The first-order valence-corrected chi connectivity index (χ1v) is 10.3. The lowest BCUT2D eigenvalue weighted by Crippen LogP contribution is -2.49. The first kappa shape index (κ1) is 17.7. The van der Waals surface area contributed by atoms with Crippen LogP contribution in [0.5, 0.6) is 0 Å². The fraction of sp³-hybridized carbons (Fsp3) is 0.579. The molecule has 0 aliphatic carbocycles. The van der Waals surface area contributed by atoms with E-state index in [1.807, 2.05) is 33.3 Å². The minimum absolute atomic E-state index is 0.154. The maximum absolute atomic E-state index is 12.5. The molecule has 0 spiro atoms. The molecule has 7 heteroatoms. The van der Waals surface area contributed by atoms with Crippen LogP contribution in [0.2, 0.25) is 0 Å². The average molecular weight is 375 g/mol. The molecule has 2 aromatic rings. The molecule has 4 heterocycles. The zero-order valence-electron chi connectivity index (χ0n) is 15.2. The third kappa shape index (κ3) is 3.70. The largest absolute Gasteiger partial charge is 0.373 e. The van der Waals surface area contributed by atoms with Crippen molar-refractivity contribution in [1.29, 1.82) is 0 Å². The number of ether oxygens (including phenoxy) is 1. The Hall–Kier alpha value is -1.70. The Balaban J connectivity index is 1.31. The lowest BCUT2D eigenvalue weighted by atomic mass is 9.96. The molecule has 0 aromatic carbocycles. The van der Waals surface area contributed by atoms with E-state index in [-0.39, 0.29) is 12.0 Å². The van der Waals surface area contributed by atoms with Crippen LogP contribution in [-0.4, -0.2) is 64.8 Å². The van der Waals surface area contributed by atoms with Gasteiger partial charge in [-0.25, -0.2) is 0 Å². The van der Waals surface area contributed by atoms with E-state index in [1.165, 1.54) is 16.9 Å². The van der Waals surface area contributed by atoms with E-state index in [0.717, 1.165) is 57.2 Å². The van der Waals surface area contributed by atoms with Crippen molar-refractivity contribution in [3.63, 3.8) is 0 Å². The molecule has 26 heavy (non-hydrogen) atoms. The number of aromatic nitrogens is 2. The molecule has 2 aromatic heterocycles. The summed E-state index contributed by atoms with van der Waals surface area (Å²) >= 11 is 1.52. The van der Waals surface area contributed by atoms with E-state index >= 15 is 0 Å². The Labute approximate surface area is 158 Å². The van der Waals surface area contributed by atoms with Crippen molar-refractivity contribution in [2.24, 2.45) is 5.92 Å². The molecule has 2 aliphatic heterocycles. The third-order valence-electron chi connectivity index (χ3n) is 5.40. The topological polar surface area (TPSA) is 50.6 Å². The van der Waals surface area contributed by atoms with Crippen molar-refractivity contribution in [3.05, 3.63) is 40.3 Å². The van der Waals surface area contributed by atoms with Gasteiger partial charge in [-0.05, 0) is 24.8 Å². The number of nitrogens with zero attached hydrogens (tertiary/aromatic N) is 4. The normalized spacial score (nSPS) is 24.3. The van der Waals surface area contributed by atoms with Crippen LogP contribution in [-0.2, 0) is 11.3 Å². The van der Waals surface area contributed by atoms with Crippen LogP contribution in [0.1, 0.15) is 34.7 Å². The highest BCUT2D eigenvalue weighted by Gasteiger charge is 2.33. The third-order valence-corrected chi connectivity index (χ3v) is 6.26. The summed E-state index contributed by atoms with van der Waals surface area (Å²) in [5.41, 5.74) is 1.20. The van der Waals surface area contributed by atoms with Gasteiger partial charge in [-0.3, -0.25) is 14.4 Å². The lowest BCUT2D eigenvalue weighted by molar-refractivity contribution is 0.0528. The number of piperazine rings is 1. The van der Waals surface area contributed by atoms with Gasteiger partial charge in [0.15, 0.2) is 0 Å². The van der Waals surface area contributed by atoms with Crippen molar-refractivity contribution >= 4 is 17.2 Å². The Morgan fingerprint density at radius 2 is 2.19 bits per heavy atom. The Kier molecular flexibility index (Phi) is 5.38. The molecule has 0 unspecified atom stereocenters. The van der Waals surface area contributed by atoms with Crippen LogP contribution in [0.4, 0.5) is 0 Å². The fourth-order valence-corrected chi connectivity index (χ4v) is 4.60. The summed E-state index contributed by atoms with van der Waals surface area (Å²) in [5, 5.41) is 6.36. The van der Waals surface area contributed by atoms with Gasteiger partial charge < -0.3 is 9.64 Å². The summed E-state index contributed by atoms with van der Waals surface area (Å²) in [6.07, 6.45) is 5.31. The second-order valence-corrected chi connectivity index (χ2v) is 7.99. The standard InChI is InChI=1S/C19H26N4O2S/c1-2-23-14-16(12-20-23)18-15(5-10-25-18)13-21-6-8-22(9-7-21)19(24)17-4-3-11-26-17/h3-4,11-12,14-15,18H,2,5-10,13H2,1H3/t15-,18+/m0/s1. The van der Waals surface area contributed by atoms with Gasteiger partial charge in [0, 0.05) is 63.6 Å². The number of amides is 1. The molecule has 2 saturated heterocycles. The maximum Gasteiger partial charge on any atom is 0.264 e. The molecule has 0 saturated carbocycles. The summed E-state index contributed by atoms with van der Waals surface area (Å²) in [6.45, 7) is 8.33. The smallest absolute Gasteiger partial charge is 0.264 e. The van der Waals surface area contributed by atoms with Crippen LogP contribution in [0.25, 0.3) is 0 Å². The first-order chi connectivity index (χ1) is 12.7. The SMILES string of the molecule is CCn1cc([C@@H]2OCC[C@H]2CN2CCN(C(=O)c3cccs3)CC2)cn1. The molecule has 6 nitrogen and oxygen atoms in total. The molecule has 140 valence electrons. The number of carbonyl (C=O) groups is 1. The second kappa shape index (κ2) is 7.90. The summed E-state index contributed by atoms with van der Waals surface area (Å²) in [4.78, 5) is 17.8. The summed E-state index contributed by atoms with van der Waals surface area (Å²) < 4.78 is 7.98. The fourth-order valence-electron chi connectivity index (χ4n) is 3.91. The lowest BCUT2D eigenvalue weighted by Gasteiger charge is -2.36. The average Bonchev–Trinajstić information content (AvgIpc) is 3.42. The number of carbonyl (C=O) groups excluding carboxylic acids is 1. The summed E-state index contributed by atoms with van der Waals surface area (Å²) in [6, 6.07) is 3.85. The Morgan fingerprint density at radius 1 is 1.35 bits per heavy atom. The van der Waals surface area contributed by atoms with Crippen LogP contribution in [0.15, 0.2) is 29.9 Å². The zero-order valence-corrected chi connectivity index (χ0v) is 16.0. The quantitative estimate of drug-likeness (QED) is 0.807. The number of rotatable bonds is 5. The van der Waals surface area contributed by atoms with Gasteiger partial charge in [-0.2, -0.15) is 5.10 Å². The highest BCUT2D eigenvalue weighted by Crippen LogP contribution is 2.35. The predicted molar refractivity (Wildman–Crippen MR) is 101 cm³/mol. The van der Waals surface area contributed by atoms with Crippen LogP contribution in [0, 0.1) is 5.92 Å². The van der Waals surface area contributed by atoms with Crippen molar-refractivity contribution in [2.45, 2.75) is 26.0 Å². The summed E-state index contributed by atoms with van der Waals surface area (Å²) in [5.74, 6) is 0.678. The van der Waals surface area contributed by atoms with Crippen molar-refractivity contribution in [3.8, 4) is 0 Å². The monoisotopic (exact) mass is 374 g/mol. The van der Waals surface area contributed by atoms with Gasteiger partial charge in [-0.15, -0.1) is 11.3 Å². The van der Waals surface area contributed by atoms with E-state index in [1.54, 1.807) is 0 Å². The van der Waals surface area contributed by atoms with Crippen LogP contribution in [0.3, 0.4) is 0 Å². The minimum Gasteiger partial charge on any atom is -0.373 e. The number of hydrogen-bond donors (Lipinski definition) is 0. The van der Waals surface area contributed by atoms with E-state index in [9.17, 15) is 4.79 Å². The van der Waals surface area contributed by atoms with Crippen LogP contribution < -0.4 is 0 Å². The van der Waals surface area contributed by atoms with Gasteiger partial charge in [-0.1, -0.05) is 6.07 Å². The molecule has 1 amide bonds. The summed E-state index contributed by atoms with van der Waals surface area (Å²) in [7, 11) is 0. The van der Waals surface area contributed by atoms with E-state index < -0.39 is 0 Å². The number of hydrogen-bond acceptors (Lipinski definition) is 5. The van der Waals surface area contributed by atoms with Crippen molar-refractivity contribution in [2.75, 3.05) is 39.3 Å². The molecule has 0 N–H and O–H groups in total. The predicted octanol–water partition coefficient (Wildman–Crippen LogP) is 2.50. The first-order valence-electron chi connectivity index (χ1n) is 9.43. The molecule has 4 rings (SSSR count). The Morgan fingerprint density at radius 3 is 2.88 bits per heavy atom. The van der Waals surface area contributed by atoms with Crippen molar-refractivity contribution in [1.82, 2.24) is 19.6 Å². The molecular formula is C19H26N4O2S.